The third-order valence-electron chi connectivity index (χ3n) is 4.20. The third-order valence-corrected chi connectivity index (χ3v) is 4.20. The minimum atomic E-state index is 0.0120. The summed E-state index contributed by atoms with van der Waals surface area (Å²) in [7, 11) is 1.93. The van der Waals surface area contributed by atoms with Gasteiger partial charge < -0.3 is 14.4 Å². The van der Waals surface area contributed by atoms with Gasteiger partial charge in [0.2, 0.25) is 5.91 Å². The molecule has 0 spiro atoms. The zero-order valence-corrected chi connectivity index (χ0v) is 13.0. The van der Waals surface area contributed by atoms with Crippen LogP contribution in [0.1, 0.15) is 23.7 Å². The lowest BCUT2D eigenvalue weighted by Gasteiger charge is -2.21. The summed E-state index contributed by atoms with van der Waals surface area (Å²) in [6.45, 7) is 4.17. The summed E-state index contributed by atoms with van der Waals surface area (Å²) in [4.78, 5) is 32.1. The van der Waals surface area contributed by atoms with E-state index in [0.29, 0.717) is 25.2 Å². The van der Waals surface area contributed by atoms with E-state index < -0.39 is 0 Å². The Morgan fingerprint density at radius 1 is 1.09 bits per heavy atom. The summed E-state index contributed by atoms with van der Waals surface area (Å²) in [6.07, 6.45) is 2.56. The average molecular weight is 300 g/mol. The molecule has 0 N–H and O–H groups in total. The largest absolute Gasteiger partial charge is 0.341 e. The molecule has 1 aromatic heterocycles. The van der Waals surface area contributed by atoms with Crippen molar-refractivity contribution in [1.29, 1.82) is 0 Å². The maximum Gasteiger partial charge on any atom is 0.253 e. The van der Waals surface area contributed by atoms with E-state index in [1.165, 1.54) is 0 Å². The molecule has 0 radical (unpaired) electrons. The number of rotatable bonds is 1. The third kappa shape index (κ3) is 2.68. The van der Waals surface area contributed by atoms with E-state index >= 15 is 0 Å². The van der Waals surface area contributed by atoms with Crippen molar-refractivity contribution >= 4 is 22.8 Å². The Bertz CT molecular complexity index is 722. The molecule has 1 fully saturated rings. The number of aryl methyl sites for hydroxylation is 1. The summed E-state index contributed by atoms with van der Waals surface area (Å²) >= 11 is 0. The maximum absolute atomic E-state index is 12.7. The number of amides is 2. The second-order valence-electron chi connectivity index (χ2n) is 5.71. The first-order valence-corrected chi connectivity index (χ1v) is 7.52. The van der Waals surface area contributed by atoms with Crippen molar-refractivity contribution in [2.45, 2.75) is 13.3 Å². The van der Waals surface area contributed by atoms with Crippen LogP contribution in [0, 0.1) is 0 Å². The van der Waals surface area contributed by atoms with Crippen molar-refractivity contribution in [3.63, 3.8) is 0 Å². The van der Waals surface area contributed by atoms with Gasteiger partial charge in [0, 0.05) is 45.7 Å². The van der Waals surface area contributed by atoms with Gasteiger partial charge in [-0.1, -0.05) is 0 Å². The van der Waals surface area contributed by atoms with Gasteiger partial charge in [0.25, 0.3) is 5.91 Å². The van der Waals surface area contributed by atoms with Gasteiger partial charge >= 0.3 is 0 Å². The number of fused-ring (bicyclic) bond motifs is 1. The quantitative estimate of drug-likeness (QED) is 0.797. The predicted molar refractivity (Wildman–Crippen MR) is 83.5 cm³/mol. The molecule has 6 heteroatoms. The smallest absolute Gasteiger partial charge is 0.253 e. The van der Waals surface area contributed by atoms with E-state index in [-0.39, 0.29) is 11.8 Å². The van der Waals surface area contributed by atoms with Crippen LogP contribution in [0.5, 0.6) is 0 Å². The lowest BCUT2D eigenvalue weighted by atomic mass is 10.1. The first-order valence-electron chi connectivity index (χ1n) is 7.52. The van der Waals surface area contributed by atoms with Gasteiger partial charge in [-0.05, 0) is 24.6 Å². The second-order valence-corrected chi connectivity index (χ2v) is 5.71. The zero-order valence-electron chi connectivity index (χ0n) is 13.0. The molecule has 0 bridgehead atoms. The Morgan fingerprint density at radius 2 is 1.82 bits per heavy atom. The van der Waals surface area contributed by atoms with Crippen molar-refractivity contribution in [2.24, 2.45) is 7.05 Å². The van der Waals surface area contributed by atoms with Crippen LogP contribution in [0.2, 0.25) is 0 Å². The molecule has 0 saturated carbocycles. The molecule has 6 nitrogen and oxygen atoms in total. The molecule has 0 unspecified atom stereocenters. The molecule has 2 amide bonds. The van der Waals surface area contributed by atoms with Gasteiger partial charge in [-0.3, -0.25) is 9.59 Å². The van der Waals surface area contributed by atoms with Gasteiger partial charge in [-0.25, -0.2) is 4.98 Å². The molecule has 1 saturated heterocycles. The normalized spacial score (nSPS) is 15.9. The predicted octanol–water partition coefficient (Wildman–Crippen LogP) is 1.27. The van der Waals surface area contributed by atoms with Gasteiger partial charge in [-0.15, -0.1) is 0 Å². The van der Waals surface area contributed by atoms with Crippen LogP contribution in [0.3, 0.4) is 0 Å². The number of carbonyl (C=O) groups excluding carboxylic acids is 2. The Morgan fingerprint density at radius 3 is 2.59 bits per heavy atom. The fourth-order valence-corrected chi connectivity index (χ4v) is 2.89. The Hall–Kier alpha value is -2.37. The van der Waals surface area contributed by atoms with E-state index in [9.17, 15) is 9.59 Å². The standard InChI is InChI=1S/C16H20N4O2/c1-12(21)19-6-3-7-20(9-8-19)16(22)13-4-5-15-14(10-13)17-11-18(15)2/h4-5,10-11H,3,6-9H2,1-2H3. The molecule has 116 valence electrons. The van der Waals surface area contributed by atoms with E-state index in [1.54, 1.807) is 18.2 Å². The van der Waals surface area contributed by atoms with Crippen molar-refractivity contribution in [1.82, 2.24) is 19.4 Å². The van der Waals surface area contributed by atoms with Gasteiger partial charge in [-0.2, -0.15) is 0 Å². The van der Waals surface area contributed by atoms with E-state index in [2.05, 4.69) is 4.98 Å². The van der Waals surface area contributed by atoms with Crippen LogP contribution in [0.25, 0.3) is 11.0 Å². The van der Waals surface area contributed by atoms with Crippen LogP contribution >= 0.6 is 0 Å². The zero-order chi connectivity index (χ0) is 15.7. The highest BCUT2D eigenvalue weighted by Crippen LogP contribution is 2.16. The Kier molecular flexibility index (Phi) is 3.83. The first kappa shape index (κ1) is 14.6. The second kappa shape index (κ2) is 5.79. The number of benzene rings is 1. The average Bonchev–Trinajstić information content (AvgIpc) is 2.74. The van der Waals surface area contributed by atoms with E-state index in [4.69, 9.17) is 0 Å². The number of aromatic nitrogens is 2. The van der Waals surface area contributed by atoms with Crippen LogP contribution < -0.4 is 0 Å². The molecule has 22 heavy (non-hydrogen) atoms. The van der Waals surface area contributed by atoms with E-state index in [0.717, 1.165) is 24.0 Å². The summed E-state index contributed by atoms with van der Waals surface area (Å²) in [6, 6.07) is 5.61. The SMILES string of the molecule is CC(=O)N1CCCN(C(=O)c2ccc3c(c2)ncn3C)CC1. The molecule has 1 aliphatic rings. The molecule has 0 aliphatic carbocycles. The maximum atomic E-state index is 12.7. The first-order chi connectivity index (χ1) is 10.6. The van der Waals surface area contributed by atoms with Crippen molar-refractivity contribution in [3.05, 3.63) is 30.1 Å². The number of nitrogens with zero attached hydrogens (tertiary/aromatic N) is 4. The molecule has 0 atom stereocenters. The monoisotopic (exact) mass is 300 g/mol. The fraction of sp³-hybridized carbons (Fsp3) is 0.438. The lowest BCUT2D eigenvalue weighted by molar-refractivity contribution is -0.128. The molecule has 1 aromatic carbocycles. The number of imidazole rings is 1. The van der Waals surface area contributed by atoms with Crippen molar-refractivity contribution in [3.8, 4) is 0 Å². The highest BCUT2D eigenvalue weighted by atomic mass is 16.2. The lowest BCUT2D eigenvalue weighted by Crippen LogP contribution is -2.36. The molecule has 1 aliphatic heterocycles. The summed E-state index contributed by atoms with van der Waals surface area (Å²) < 4.78 is 1.93. The summed E-state index contributed by atoms with van der Waals surface area (Å²) in [5.74, 6) is 0.0853. The number of hydrogen-bond acceptors (Lipinski definition) is 3. The number of carbonyl (C=O) groups is 2. The van der Waals surface area contributed by atoms with Crippen LogP contribution in [0.4, 0.5) is 0 Å². The summed E-state index contributed by atoms with van der Waals surface area (Å²) in [5.41, 5.74) is 2.49. The van der Waals surface area contributed by atoms with Crippen molar-refractivity contribution in [2.75, 3.05) is 26.2 Å². The molecular formula is C16H20N4O2. The minimum Gasteiger partial charge on any atom is -0.341 e. The summed E-state index contributed by atoms with van der Waals surface area (Å²) in [5, 5.41) is 0. The topological polar surface area (TPSA) is 58.4 Å². The highest BCUT2D eigenvalue weighted by molar-refractivity contribution is 5.97. The highest BCUT2D eigenvalue weighted by Gasteiger charge is 2.21. The fourth-order valence-electron chi connectivity index (χ4n) is 2.89. The van der Waals surface area contributed by atoms with Crippen LogP contribution in [0.15, 0.2) is 24.5 Å². The molecular weight excluding hydrogens is 280 g/mol. The van der Waals surface area contributed by atoms with Gasteiger partial charge in [0.05, 0.1) is 17.4 Å². The van der Waals surface area contributed by atoms with E-state index in [1.807, 2.05) is 34.7 Å². The van der Waals surface area contributed by atoms with Crippen LogP contribution in [-0.2, 0) is 11.8 Å². The van der Waals surface area contributed by atoms with Crippen molar-refractivity contribution < 1.29 is 9.59 Å². The Balaban J connectivity index is 1.78. The molecule has 3 rings (SSSR count). The van der Waals surface area contributed by atoms with Crippen LogP contribution in [-0.4, -0.2) is 57.3 Å². The Labute approximate surface area is 129 Å². The van der Waals surface area contributed by atoms with Gasteiger partial charge in [0.15, 0.2) is 0 Å². The minimum absolute atomic E-state index is 0.0120. The molecule has 2 heterocycles. The van der Waals surface area contributed by atoms with Gasteiger partial charge in [0.1, 0.15) is 0 Å². The molecule has 2 aromatic rings. The number of hydrogen-bond donors (Lipinski definition) is 0.